The maximum absolute atomic E-state index is 5.51. The normalized spacial score (nSPS) is 31.5. The SMILES string of the molecule is CCC1(CN2CCNC(C)C2)CCOCC1. The van der Waals surface area contributed by atoms with Gasteiger partial charge in [0.25, 0.3) is 0 Å². The van der Waals surface area contributed by atoms with Gasteiger partial charge in [0.2, 0.25) is 0 Å². The molecule has 1 atom stereocenters. The third-order valence-corrected chi connectivity index (χ3v) is 4.32. The predicted octanol–water partition coefficient (Wildman–Crippen LogP) is 1.49. The van der Waals surface area contributed by atoms with Crippen molar-refractivity contribution in [1.82, 2.24) is 10.2 Å². The molecule has 3 heteroatoms. The van der Waals surface area contributed by atoms with Crippen molar-refractivity contribution in [2.75, 3.05) is 39.4 Å². The van der Waals surface area contributed by atoms with Gasteiger partial charge in [-0.25, -0.2) is 0 Å². The van der Waals surface area contributed by atoms with E-state index in [2.05, 4.69) is 24.1 Å². The van der Waals surface area contributed by atoms with Gasteiger partial charge in [-0.1, -0.05) is 6.92 Å². The van der Waals surface area contributed by atoms with E-state index in [0.717, 1.165) is 19.8 Å². The molecule has 0 radical (unpaired) electrons. The van der Waals surface area contributed by atoms with Gasteiger partial charge in [-0.2, -0.15) is 0 Å². The Kier molecular flexibility index (Phi) is 4.22. The number of nitrogens with zero attached hydrogens (tertiary/aromatic N) is 1. The van der Waals surface area contributed by atoms with Gasteiger partial charge in [-0.3, -0.25) is 4.90 Å². The van der Waals surface area contributed by atoms with E-state index < -0.39 is 0 Å². The highest BCUT2D eigenvalue weighted by atomic mass is 16.5. The van der Waals surface area contributed by atoms with Crippen LogP contribution in [-0.4, -0.2) is 50.3 Å². The van der Waals surface area contributed by atoms with Crippen molar-refractivity contribution >= 4 is 0 Å². The second kappa shape index (κ2) is 5.48. The number of hydrogen-bond donors (Lipinski definition) is 1. The summed E-state index contributed by atoms with van der Waals surface area (Å²) in [6.45, 7) is 11.4. The van der Waals surface area contributed by atoms with E-state index >= 15 is 0 Å². The van der Waals surface area contributed by atoms with Crippen molar-refractivity contribution in [3.05, 3.63) is 0 Å². The van der Waals surface area contributed by atoms with Gasteiger partial charge in [-0.15, -0.1) is 0 Å². The summed E-state index contributed by atoms with van der Waals surface area (Å²) in [5.41, 5.74) is 0.537. The van der Waals surface area contributed by atoms with Crippen LogP contribution in [0.2, 0.25) is 0 Å². The zero-order valence-corrected chi connectivity index (χ0v) is 10.8. The van der Waals surface area contributed by atoms with Crippen LogP contribution in [0.3, 0.4) is 0 Å². The van der Waals surface area contributed by atoms with Crippen molar-refractivity contribution in [1.29, 1.82) is 0 Å². The molecule has 94 valence electrons. The van der Waals surface area contributed by atoms with Crippen LogP contribution >= 0.6 is 0 Å². The molecule has 0 aromatic carbocycles. The van der Waals surface area contributed by atoms with Gasteiger partial charge in [0.05, 0.1) is 0 Å². The maximum Gasteiger partial charge on any atom is 0.0471 e. The molecule has 0 aromatic heterocycles. The Bertz CT molecular complexity index is 214. The summed E-state index contributed by atoms with van der Waals surface area (Å²) in [7, 11) is 0. The lowest BCUT2D eigenvalue weighted by atomic mass is 9.77. The Morgan fingerprint density at radius 3 is 2.75 bits per heavy atom. The molecule has 2 saturated heterocycles. The number of nitrogens with one attached hydrogen (secondary N) is 1. The van der Waals surface area contributed by atoms with E-state index in [0.29, 0.717) is 11.5 Å². The molecular weight excluding hydrogens is 200 g/mol. The molecule has 0 aliphatic carbocycles. The lowest BCUT2D eigenvalue weighted by Crippen LogP contribution is -2.52. The van der Waals surface area contributed by atoms with Gasteiger partial charge >= 0.3 is 0 Å². The summed E-state index contributed by atoms with van der Waals surface area (Å²) in [6, 6.07) is 0.655. The molecule has 0 spiro atoms. The summed E-state index contributed by atoms with van der Waals surface area (Å²) in [5, 5.41) is 3.51. The Balaban J connectivity index is 1.89. The molecule has 2 fully saturated rings. The monoisotopic (exact) mass is 226 g/mol. The minimum Gasteiger partial charge on any atom is -0.381 e. The standard InChI is InChI=1S/C13H26N2O/c1-3-13(4-8-16-9-5-13)11-15-7-6-14-12(2)10-15/h12,14H,3-11H2,1-2H3. The largest absolute Gasteiger partial charge is 0.381 e. The van der Waals surface area contributed by atoms with Crippen LogP contribution in [0.5, 0.6) is 0 Å². The highest BCUT2D eigenvalue weighted by Crippen LogP contribution is 2.35. The van der Waals surface area contributed by atoms with E-state index in [4.69, 9.17) is 4.74 Å². The van der Waals surface area contributed by atoms with Gasteiger partial charge in [0, 0.05) is 45.4 Å². The first-order valence-corrected chi connectivity index (χ1v) is 6.78. The van der Waals surface area contributed by atoms with E-state index in [-0.39, 0.29) is 0 Å². The number of piperazine rings is 1. The molecule has 16 heavy (non-hydrogen) atoms. The highest BCUT2D eigenvalue weighted by molar-refractivity contribution is 4.86. The van der Waals surface area contributed by atoms with Gasteiger partial charge < -0.3 is 10.1 Å². The minimum atomic E-state index is 0.537. The quantitative estimate of drug-likeness (QED) is 0.789. The van der Waals surface area contributed by atoms with E-state index in [1.165, 1.54) is 38.9 Å². The second-order valence-corrected chi connectivity index (χ2v) is 5.56. The van der Waals surface area contributed by atoms with E-state index in [9.17, 15) is 0 Å². The summed E-state index contributed by atoms with van der Waals surface area (Å²) in [6.07, 6.45) is 3.80. The third kappa shape index (κ3) is 2.96. The molecule has 3 nitrogen and oxygen atoms in total. The molecule has 1 unspecified atom stereocenters. The molecule has 0 bridgehead atoms. The fraction of sp³-hybridized carbons (Fsp3) is 1.00. The molecule has 0 amide bonds. The van der Waals surface area contributed by atoms with Crippen LogP contribution in [0, 0.1) is 5.41 Å². The Morgan fingerprint density at radius 2 is 2.12 bits per heavy atom. The second-order valence-electron chi connectivity index (χ2n) is 5.56. The Morgan fingerprint density at radius 1 is 1.38 bits per heavy atom. The lowest BCUT2D eigenvalue weighted by molar-refractivity contribution is -0.0107. The summed E-state index contributed by atoms with van der Waals surface area (Å²) in [4.78, 5) is 2.65. The lowest BCUT2D eigenvalue weighted by Gasteiger charge is -2.43. The zero-order valence-electron chi connectivity index (χ0n) is 10.8. The zero-order chi connectivity index (χ0) is 11.4. The highest BCUT2D eigenvalue weighted by Gasteiger charge is 2.33. The van der Waals surface area contributed by atoms with Crippen molar-refractivity contribution < 1.29 is 4.74 Å². The summed E-state index contributed by atoms with van der Waals surface area (Å²) >= 11 is 0. The predicted molar refractivity (Wildman–Crippen MR) is 66.7 cm³/mol. The molecule has 2 rings (SSSR count). The van der Waals surface area contributed by atoms with Crippen LogP contribution < -0.4 is 5.32 Å². The average Bonchev–Trinajstić information content (AvgIpc) is 2.30. The fourth-order valence-corrected chi connectivity index (χ4v) is 3.06. The number of hydrogen-bond acceptors (Lipinski definition) is 3. The molecule has 0 aromatic rings. The first-order chi connectivity index (χ1) is 7.74. The first kappa shape index (κ1) is 12.3. The molecule has 2 heterocycles. The van der Waals surface area contributed by atoms with Crippen LogP contribution in [0.25, 0.3) is 0 Å². The Hall–Kier alpha value is -0.120. The van der Waals surface area contributed by atoms with Crippen LogP contribution in [0.1, 0.15) is 33.1 Å². The fourth-order valence-electron chi connectivity index (χ4n) is 3.06. The molecule has 0 saturated carbocycles. The Labute approximate surface area is 99.5 Å². The molecular formula is C13H26N2O. The van der Waals surface area contributed by atoms with Gasteiger partial charge in [0.15, 0.2) is 0 Å². The third-order valence-electron chi connectivity index (χ3n) is 4.32. The van der Waals surface area contributed by atoms with Crippen LogP contribution in [0.15, 0.2) is 0 Å². The van der Waals surface area contributed by atoms with Crippen molar-refractivity contribution in [3.63, 3.8) is 0 Å². The summed E-state index contributed by atoms with van der Waals surface area (Å²) < 4.78 is 5.51. The van der Waals surface area contributed by atoms with Crippen molar-refractivity contribution in [2.24, 2.45) is 5.41 Å². The average molecular weight is 226 g/mol. The minimum absolute atomic E-state index is 0.537. The smallest absolute Gasteiger partial charge is 0.0471 e. The first-order valence-electron chi connectivity index (χ1n) is 6.78. The molecule has 2 aliphatic heterocycles. The van der Waals surface area contributed by atoms with Crippen LogP contribution in [0.4, 0.5) is 0 Å². The van der Waals surface area contributed by atoms with Crippen molar-refractivity contribution in [2.45, 2.75) is 39.2 Å². The molecule has 1 N–H and O–H groups in total. The molecule has 2 aliphatic rings. The van der Waals surface area contributed by atoms with Gasteiger partial charge in [-0.05, 0) is 31.6 Å². The maximum atomic E-state index is 5.51. The van der Waals surface area contributed by atoms with E-state index in [1.807, 2.05) is 0 Å². The van der Waals surface area contributed by atoms with Gasteiger partial charge in [0.1, 0.15) is 0 Å². The number of ether oxygens (including phenoxy) is 1. The summed E-state index contributed by atoms with van der Waals surface area (Å²) in [5.74, 6) is 0. The van der Waals surface area contributed by atoms with Crippen molar-refractivity contribution in [3.8, 4) is 0 Å². The van der Waals surface area contributed by atoms with E-state index in [1.54, 1.807) is 0 Å². The number of rotatable bonds is 3. The van der Waals surface area contributed by atoms with Crippen LogP contribution in [-0.2, 0) is 4.74 Å². The topological polar surface area (TPSA) is 24.5 Å².